The van der Waals surface area contributed by atoms with E-state index >= 15 is 0 Å². The van der Waals surface area contributed by atoms with E-state index in [1.807, 2.05) is 53.2 Å². The molecule has 22 heavy (non-hydrogen) atoms. The van der Waals surface area contributed by atoms with Gasteiger partial charge in [-0.25, -0.2) is 9.50 Å². The van der Waals surface area contributed by atoms with Crippen molar-refractivity contribution in [2.75, 3.05) is 18.4 Å². The van der Waals surface area contributed by atoms with Crippen molar-refractivity contribution in [2.24, 2.45) is 0 Å². The molecule has 2 N–H and O–H groups in total. The molecule has 1 saturated heterocycles. The summed E-state index contributed by atoms with van der Waals surface area (Å²) in [5, 5.41) is 11.4. The number of piperidine rings is 1. The fraction of sp³-hybridized carbons (Fsp3) is 0.294. The normalized spacial score (nSPS) is 16.0. The number of rotatable bonds is 3. The van der Waals surface area contributed by atoms with E-state index in [4.69, 9.17) is 0 Å². The zero-order valence-electron chi connectivity index (χ0n) is 12.4. The van der Waals surface area contributed by atoms with Crippen LogP contribution < -0.4 is 10.6 Å². The molecule has 112 valence electrons. The van der Waals surface area contributed by atoms with Crippen LogP contribution in [-0.4, -0.2) is 27.7 Å². The fourth-order valence-electron chi connectivity index (χ4n) is 2.92. The molecule has 1 aromatic carbocycles. The van der Waals surface area contributed by atoms with E-state index < -0.39 is 0 Å². The third-order valence-electron chi connectivity index (χ3n) is 4.11. The van der Waals surface area contributed by atoms with Gasteiger partial charge in [0.25, 0.3) is 0 Å². The minimum absolute atomic E-state index is 0.478. The van der Waals surface area contributed by atoms with Gasteiger partial charge in [0.1, 0.15) is 0 Å². The second-order valence-corrected chi connectivity index (χ2v) is 5.71. The van der Waals surface area contributed by atoms with Crippen molar-refractivity contribution < 1.29 is 0 Å². The first-order valence-corrected chi connectivity index (χ1v) is 7.77. The Labute approximate surface area is 129 Å². The van der Waals surface area contributed by atoms with Crippen LogP contribution in [0.15, 0.2) is 48.7 Å². The zero-order valence-corrected chi connectivity index (χ0v) is 12.4. The average molecular weight is 293 g/mol. The molecule has 0 unspecified atom stereocenters. The highest BCUT2D eigenvalue weighted by atomic mass is 15.3. The van der Waals surface area contributed by atoms with Crippen LogP contribution >= 0.6 is 0 Å². The number of aromatic nitrogens is 3. The molecule has 3 heterocycles. The van der Waals surface area contributed by atoms with Crippen molar-refractivity contribution in [3.8, 4) is 0 Å². The summed E-state index contributed by atoms with van der Waals surface area (Å²) in [6, 6.07) is 14.2. The molecule has 5 nitrogen and oxygen atoms in total. The molecular formula is C17H19N5. The molecule has 4 rings (SSSR count). The van der Waals surface area contributed by atoms with Crippen LogP contribution in [0.2, 0.25) is 0 Å². The number of nitrogens with one attached hydrogen (secondary N) is 2. The topological polar surface area (TPSA) is 54.2 Å². The third kappa shape index (κ3) is 2.67. The van der Waals surface area contributed by atoms with E-state index in [1.54, 1.807) is 0 Å². The van der Waals surface area contributed by atoms with Gasteiger partial charge in [0, 0.05) is 11.6 Å². The first-order chi connectivity index (χ1) is 10.9. The molecule has 5 heteroatoms. The molecule has 1 aliphatic heterocycles. The number of nitrogens with zero attached hydrogens (tertiary/aromatic N) is 3. The van der Waals surface area contributed by atoms with Crippen LogP contribution in [0.5, 0.6) is 0 Å². The summed E-state index contributed by atoms with van der Waals surface area (Å²) in [7, 11) is 0. The molecule has 0 saturated carbocycles. The van der Waals surface area contributed by atoms with E-state index in [2.05, 4.69) is 20.7 Å². The van der Waals surface area contributed by atoms with Crippen molar-refractivity contribution in [1.29, 1.82) is 0 Å². The van der Waals surface area contributed by atoms with Crippen LogP contribution in [-0.2, 0) is 0 Å². The maximum Gasteiger partial charge on any atom is 0.155 e. The summed E-state index contributed by atoms with van der Waals surface area (Å²) in [5.74, 6) is 1.45. The zero-order chi connectivity index (χ0) is 14.8. The molecule has 0 amide bonds. The van der Waals surface area contributed by atoms with E-state index in [-0.39, 0.29) is 0 Å². The predicted molar refractivity (Wildman–Crippen MR) is 87.6 cm³/mol. The van der Waals surface area contributed by atoms with Crippen molar-refractivity contribution in [2.45, 2.75) is 18.8 Å². The number of fused-ring (bicyclic) bond motifs is 1. The standard InChI is InChI=1S/C17H19N5/c1-2-4-14(5-3-1)19-15-6-7-16-20-17(21-22(16)12-15)13-8-10-18-11-9-13/h1-7,12-13,18-19H,8-11H2. The van der Waals surface area contributed by atoms with Gasteiger partial charge >= 0.3 is 0 Å². The van der Waals surface area contributed by atoms with Crippen molar-refractivity contribution in [3.63, 3.8) is 0 Å². The van der Waals surface area contributed by atoms with Crippen LogP contribution in [0.1, 0.15) is 24.6 Å². The van der Waals surface area contributed by atoms with Gasteiger partial charge in [0.05, 0.1) is 11.9 Å². The van der Waals surface area contributed by atoms with Crippen LogP contribution in [0.4, 0.5) is 11.4 Å². The average Bonchev–Trinajstić information content (AvgIpc) is 3.00. The van der Waals surface area contributed by atoms with Crippen molar-refractivity contribution in [1.82, 2.24) is 19.9 Å². The highest BCUT2D eigenvalue weighted by molar-refractivity contribution is 5.60. The maximum atomic E-state index is 4.68. The number of benzene rings is 1. The van der Waals surface area contributed by atoms with Crippen LogP contribution in [0.3, 0.4) is 0 Å². The monoisotopic (exact) mass is 293 g/mol. The molecule has 0 atom stereocenters. The lowest BCUT2D eigenvalue weighted by Crippen LogP contribution is -2.27. The second-order valence-electron chi connectivity index (χ2n) is 5.71. The Morgan fingerprint density at radius 2 is 1.82 bits per heavy atom. The smallest absolute Gasteiger partial charge is 0.155 e. The van der Waals surface area contributed by atoms with Gasteiger partial charge in [-0.15, -0.1) is 0 Å². The van der Waals surface area contributed by atoms with Gasteiger partial charge in [0.15, 0.2) is 11.5 Å². The first-order valence-electron chi connectivity index (χ1n) is 7.77. The Balaban J connectivity index is 1.60. The van der Waals surface area contributed by atoms with Crippen molar-refractivity contribution in [3.05, 3.63) is 54.5 Å². The molecule has 1 aliphatic rings. The molecule has 0 radical (unpaired) electrons. The Morgan fingerprint density at radius 1 is 1.00 bits per heavy atom. The summed E-state index contributed by atoms with van der Waals surface area (Å²) < 4.78 is 1.88. The number of para-hydroxylation sites is 1. The Morgan fingerprint density at radius 3 is 2.64 bits per heavy atom. The van der Waals surface area contributed by atoms with Gasteiger partial charge in [-0.05, 0) is 50.2 Å². The quantitative estimate of drug-likeness (QED) is 0.779. The van der Waals surface area contributed by atoms with Crippen LogP contribution in [0.25, 0.3) is 5.65 Å². The van der Waals surface area contributed by atoms with Gasteiger partial charge in [-0.3, -0.25) is 0 Å². The lowest BCUT2D eigenvalue weighted by Gasteiger charge is -2.19. The molecule has 2 aromatic heterocycles. The van der Waals surface area contributed by atoms with Gasteiger partial charge < -0.3 is 10.6 Å². The third-order valence-corrected chi connectivity index (χ3v) is 4.11. The first kappa shape index (κ1) is 13.3. The SMILES string of the molecule is c1ccc(Nc2ccc3nc(C4CCNCC4)nn3c2)cc1. The van der Waals surface area contributed by atoms with Gasteiger partial charge in [0.2, 0.25) is 0 Å². The van der Waals surface area contributed by atoms with E-state index in [1.165, 1.54) is 0 Å². The largest absolute Gasteiger partial charge is 0.354 e. The van der Waals surface area contributed by atoms with E-state index in [9.17, 15) is 0 Å². The number of pyridine rings is 1. The van der Waals surface area contributed by atoms with Crippen LogP contribution in [0, 0.1) is 0 Å². The van der Waals surface area contributed by atoms with Gasteiger partial charge in [-0.1, -0.05) is 18.2 Å². The highest BCUT2D eigenvalue weighted by Crippen LogP contribution is 2.23. The Bertz CT molecular complexity index is 759. The second kappa shape index (κ2) is 5.77. The lowest BCUT2D eigenvalue weighted by molar-refractivity contribution is 0.445. The Kier molecular flexibility index (Phi) is 3.48. The van der Waals surface area contributed by atoms with Crippen molar-refractivity contribution >= 4 is 17.0 Å². The molecule has 0 aliphatic carbocycles. The highest BCUT2D eigenvalue weighted by Gasteiger charge is 2.19. The summed E-state index contributed by atoms with van der Waals surface area (Å²) in [6.45, 7) is 2.11. The van der Waals surface area contributed by atoms with E-state index in [0.717, 1.165) is 48.8 Å². The number of anilines is 2. The summed E-state index contributed by atoms with van der Waals surface area (Å²) >= 11 is 0. The fourth-order valence-corrected chi connectivity index (χ4v) is 2.92. The molecule has 0 bridgehead atoms. The minimum atomic E-state index is 0.478. The summed E-state index contributed by atoms with van der Waals surface area (Å²) in [6.07, 6.45) is 4.23. The Hall–Kier alpha value is -2.40. The molecule has 0 spiro atoms. The van der Waals surface area contributed by atoms with E-state index in [0.29, 0.717) is 5.92 Å². The lowest BCUT2D eigenvalue weighted by atomic mass is 9.98. The molecule has 3 aromatic rings. The molecular weight excluding hydrogens is 274 g/mol. The number of hydrogen-bond acceptors (Lipinski definition) is 4. The molecule has 1 fully saturated rings. The number of hydrogen-bond donors (Lipinski definition) is 2. The van der Waals surface area contributed by atoms with Gasteiger partial charge in [-0.2, -0.15) is 5.10 Å². The summed E-state index contributed by atoms with van der Waals surface area (Å²) in [4.78, 5) is 4.68. The summed E-state index contributed by atoms with van der Waals surface area (Å²) in [5.41, 5.74) is 2.99. The maximum absolute atomic E-state index is 4.68. The predicted octanol–water partition coefficient (Wildman–Crippen LogP) is 2.94. The minimum Gasteiger partial charge on any atom is -0.354 e.